The number of hydrogen-bond acceptors (Lipinski definition) is 5. The number of sulfonamides is 1. The highest BCUT2D eigenvalue weighted by Gasteiger charge is 2.28. The summed E-state index contributed by atoms with van der Waals surface area (Å²) in [6, 6.07) is 8.38. The Morgan fingerprint density at radius 1 is 1.08 bits per heavy atom. The molecule has 1 N–H and O–H groups in total. The lowest BCUT2D eigenvalue weighted by Crippen LogP contribution is -2.35. The molecule has 134 valence electrons. The maximum absolute atomic E-state index is 13.1. The van der Waals surface area contributed by atoms with Crippen LogP contribution in [0.25, 0.3) is 0 Å². The van der Waals surface area contributed by atoms with Crippen LogP contribution in [0.1, 0.15) is 0 Å². The number of anilines is 1. The maximum atomic E-state index is 13.1. The summed E-state index contributed by atoms with van der Waals surface area (Å²) in [5.41, 5.74) is 0.0265. The summed E-state index contributed by atoms with van der Waals surface area (Å²) < 4.78 is 49.7. The first kappa shape index (κ1) is 18.5. The molecule has 0 aliphatic carbocycles. The third kappa shape index (κ3) is 4.00. The number of hydrogen-bond donors (Lipinski definition) is 1. The second kappa shape index (κ2) is 7.39. The van der Waals surface area contributed by atoms with Crippen molar-refractivity contribution in [1.82, 2.24) is 0 Å². The van der Waals surface area contributed by atoms with Gasteiger partial charge in [0.05, 0.1) is 24.8 Å². The summed E-state index contributed by atoms with van der Waals surface area (Å²) in [5, 5.41) is 9.07. The van der Waals surface area contributed by atoms with Gasteiger partial charge in [-0.15, -0.1) is 0 Å². The van der Waals surface area contributed by atoms with Gasteiger partial charge in [-0.2, -0.15) is 0 Å². The molecule has 0 spiro atoms. The molecule has 0 saturated carbocycles. The van der Waals surface area contributed by atoms with Crippen molar-refractivity contribution >= 4 is 21.7 Å². The molecule has 0 fully saturated rings. The third-order valence-electron chi connectivity index (χ3n) is 3.34. The van der Waals surface area contributed by atoms with Crippen molar-refractivity contribution in [2.45, 2.75) is 4.90 Å². The number of nitrogens with zero attached hydrogens (tertiary/aromatic N) is 1. The van der Waals surface area contributed by atoms with Crippen molar-refractivity contribution in [3.8, 4) is 11.5 Å². The highest BCUT2D eigenvalue weighted by atomic mass is 32.2. The van der Waals surface area contributed by atoms with Crippen LogP contribution in [-0.4, -0.2) is 40.3 Å². The Balaban J connectivity index is 2.55. The molecule has 0 aromatic heterocycles. The number of carboxylic acid groups (broad SMARTS) is 1. The fourth-order valence-corrected chi connectivity index (χ4v) is 3.58. The first-order valence-electron chi connectivity index (χ1n) is 7.01. The van der Waals surface area contributed by atoms with Gasteiger partial charge in [0.2, 0.25) is 0 Å². The van der Waals surface area contributed by atoms with Crippen molar-refractivity contribution < 1.29 is 32.2 Å². The van der Waals surface area contributed by atoms with Crippen LogP contribution >= 0.6 is 0 Å². The van der Waals surface area contributed by atoms with Gasteiger partial charge in [0.25, 0.3) is 10.0 Å². The minimum atomic E-state index is -4.23. The predicted octanol–water partition coefficient (Wildman–Crippen LogP) is 2.12. The predicted molar refractivity (Wildman–Crippen MR) is 88.1 cm³/mol. The molecule has 0 unspecified atom stereocenters. The van der Waals surface area contributed by atoms with Crippen LogP contribution in [-0.2, 0) is 14.8 Å². The van der Waals surface area contributed by atoms with Crippen molar-refractivity contribution in [3.63, 3.8) is 0 Å². The Morgan fingerprint density at radius 3 is 2.20 bits per heavy atom. The number of methoxy groups -OCH3 is 2. The maximum Gasteiger partial charge on any atom is 0.324 e. The summed E-state index contributed by atoms with van der Waals surface area (Å²) in [6.07, 6.45) is 0. The van der Waals surface area contributed by atoms with Gasteiger partial charge in [-0.3, -0.25) is 9.10 Å². The minimum absolute atomic E-state index is 0.0265. The summed E-state index contributed by atoms with van der Waals surface area (Å²) >= 11 is 0. The summed E-state index contributed by atoms with van der Waals surface area (Å²) in [6.45, 7) is -0.817. The number of rotatable bonds is 7. The fraction of sp³-hybridized carbons (Fsp3) is 0.188. The average Bonchev–Trinajstić information content (AvgIpc) is 2.59. The molecule has 0 radical (unpaired) electrons. The molecule has 0 aliphatic rings. The monoisotopic (exact) mass is 369 g/mol. The smallest absolute Gasteiger partial charge is 0.324 e. The summed E-state index contributed by atoms with van der Waals surface area (Å²) in [5.74, 6) is -1.41. The van der Waals surface area contributed by atoms with Gasteiger partial charge in [-0.25, -0.2) is 12.8 Å². The number of carboxylic acids is 1. The molecule has 2 rings (SSSR count). The largest absolute Gasteiger partial charge is 0.493 e. The van der Waals surface area contributed by atoms with Gasteiger partial charge in [0, 0.05) is 6.07 Å². The second-order valence-corrected chi connectivity index (χ2v) is 6.76. The molecular formula is C16H16FNO6S. The molecular weight excluding hydrogens is 353 g/mol. The van der Waals surface area contributed by atoms with Gasteiger partial charge in [0.1, 0.15) is 12.4 Å². The standard InChI is InChI=1S/C16H16FNO6S/c1-23-14-8-7-13(9-15(14)24-2)25(21,22)18(10-16(19)20)12-5-3-11(17)4-6-12/h3-9H,10H2,1-2H3,(H,19,20). The quantitative estimate of drug-likeness (QED) is 0.804. The summed E-state index contributed by atoms with van der Waals surface area (Å²) in [4.78, 5) is 10.9. The molecule has 0 heterocycles. The second-order valence-electron chi connectivity index (χ2n) is 4.90. The van der Waals surface area contributed by atoms with Crippen LogP contribution in [0.5, 0.6) is 11.5 Å². The van der Waals surface area contributed by atoms with E-state index in [2.05, 4.69) is 0 Å². The minimum Gasteiger partial charge on any atom is -0.493 e. The highest BCUT2D eigenvalue weighted by Crippen LogP contribution is 2.32. The Bertz CT molecular complexity index is 867. The number of benzene rings is 2. The average molecular weight is 369 g/mol. The van der Waals surface area contributed by atoms with Gasteiger partial charge in [0.15, 0.2) is 11.5 Å². The Hall–Kier alpha value is -2.81. The zero-order valence-electron chi connectivity index (χ0n) is 13.5. The van der Waals surface area contributed by atoms with Crippen LogP contribution in [0, 0.1) is 5.82 Å². The SMILES string of the molecule is COc1ccc(S(=O)(=O)N(CC(=O)O)c2ccc(F)cc2)cc1OC. The molecule has 0 atom stereocenters. The first-order chi connectivity index (χ1) is 11.8. The van der Waals surface area contributed by atoms with Crippen LogP contribution in [0.4, 0.5) is 10.1 Å². The van der Waals surface area contributed by atoms with E-state index in [1.165, 1.54) is 44.6 Å². The normalized spacial score (nSPS) is 11.0. The molecule has 9 heteroatoms. The van der Waals surface area contributed by atoms with E-state index >= 15 is 0 Å². The van der Waals surface area contributed by atoms with Gasteiger partial charge >= 0.3 is 5.97 Å². The van der Waals surface area contributed by atoms with Crippen molar-refractivity contribution in [1.29, 1.82) is 0 Å². The summed E-state index contributed by atoms with van der Waals surface area (Å²) in [7, 11) is -1.47. The Morgan fingerprint density at radius 2 is 1.68 bits per heavy atom. The number of aliphatic carboxylic acids is 1. The van der Waals surface area contributed by atoms with Crippen molar-refractivity contribution in [2.24, 2.45) is 0 Å². The zero-order chi connectivity index (χ0) is 18.6. The van der Waals surface area contributed by atoms with Crippen LogP contribution in [0.15, 0.2) is 47.4 Å². The lowest BCUT2D eigenvalue weighted by Gasteiger charge is -2.23. The van der Waals surface area contributed by atoms with Gasteiger partial charge in [-0.1, -0.05) is 0 Å². The Kier molecular flexibility index (Phi) is 5.48. The molecule has 7 nitrogen and oxygen atoms in total. The van der Waals surface area contributed by atoms with Crippen LogP contribution in [0.2, 0.25) is 0 Å². The molecule has 2 aromatic rings. The zero-order valence-corrected chi connectivity index (χ0v) is 14.3. The lowest BCUT2D eigenvalue weighted by atomic mass is 10.3. The lowest BCUT2D eigenvalue weighted by molar-refractivity contribution is -0.135. The van der Waals surface area contributed by atoms with E-state index < -0.39 is 28.4 Å². The molecule has 0 bridgehead atoms. The van der Waals surface area contributed by atoms with E-state index in [1.807, 2.05) is 0 Å². The van der Waals surface area contributed by atoms with E-state index in [4.69, 9.17) is 14.6 Å². The van der Waals surface area contributed by atoms with E-state index in [9.17, 15) is 17.6 Å². The molecule has 2 aromatic carbocycles. The fourth-order valence-electron chi connectivity index (χ4n) is 2.15. The van der Waals surface area contributed by atoms with Crippen LogP contribution < -0.4 is 13.8 Å². The molecule has 0 aliphatic heterocycles. The van der Waals surface area contributed by atoms with Crippen molar-refractivity contribution in [3.05, 3.63) is 48.3 Å². The topological polar surface area (TPSA) is 93.1 Å². The van der Waals surface area contributed by atoms with Crippen LogP contribution in [0.3, 0.4) is 0 Å². The molecule has 25 heavy (non-hydrogen) atoms. The van der Waals surface area contributed by atoms with E-state index in [0.717, 1.165) is 12.1 Å². The molecule has 0 saturated heterocycles. The Labute approximate surface area is 144 Å². The van der Waals surface area contributed by atoms with Gasteiger partial charge in [-0.05, 0) is 36.4 Å². The number of carbonyl (C=O) groups is 1. The van der Waals surface area contributed by atoms with E-state index in [-0.39, 0.29) is 16.3 Å². The third-order valence-corrected chi connectivity index (χ3v) is 5.11. The highest BCUT2D eigenvalue weighted by molar-refractivity contribution is 7.92. The van der Waals surface area contributed by atoms with E-state index in [1.54, 1.807) is 0 Å². The number of ether oxygens (including phenoxy) is 2. The first-order valence-corrected chi connectivity index (χ1v) is 8.45. The molecule has 0 amide bonds. The van der Waals surface area contributed by atoms with Crippen molar-refractivity contribution in [2.75, 3.05) is 25.1 Å². The van der Waals surface area contributed by atoms with Gasteiger partial charge < -0.3 is 14.6 Å². The van der Waals surface area contributed by atoms with E-state index in [0.29, 0.717) is 10.1 Å². The number of halogens is 1.